The molecule has 260 valence electrons. The topological polar surface area (TPSA) is 63.2 Å². The van der Waals surface area contributed by atoms with Crippen molar-refractivity contribution in [2.75, 3.05) is 13.7 Å². The minimum atomic E-state index is -2.19. The van der Waals surface area contributed by atoms with E-state index >= 15 is 0 Å². The first kappa shape index (κ1) is 41.6. The highest BCUT2D eigenvalue weighted by Crippen LogP contribution is 2.41. The zero-order valence-electron chi connectivity index (χ0n) is 31.7. The second-order valence-corrected chi connectivity index (χ2v) is 25.9. The number of methoxy groups -OCH3 is 1. The maximum absolute atomic E-state index is 13.9. The van der Waals surface area contributed by atoms with Crippen LogP contribution in [0.1, 0.15) is 88.1 Å². The Morgan fingerprint density at radius 2 is 1.40 bits per heavy atom. The molecule has 0 bridgehead atoms. The molecule has 0 radical (unpaired) electrons. The number of benzene rings is 1. The molecular weight excluding hydrogens is 597 g/mol. The number of carbonyl (C=O) groups is 1. The van der Waals surface area contributed by atoms with Gasteiger partial charge in [-0.15, -0.1) is 6.58 Å². The fraction of sp³-hybridized carbons (Fsp3) is 0.757. The molecule has 0 aliphatic heterocycles. The molecule has 0 N–H and O–H groups in total. The Balaban J connectivity index is 3.15. The first-order chi connectivity index (χ1) is 20.5. The number of hydrogen-bond acceptors (Lipinski definition) is 6. The van der Waals surface area contributed by atoms with Crippen molar-refractivity contribution in [3.05, 3.63) is 42.5 Å². The van der Waals surface area contributed by atoms with E-state index < -0.39 is 28.7 Å². The van der Waals surface area contributed by atoms with Crippen LogP contribution < -0.4 is 4.74 Å². The molecule has 0 heterocycles. The summed E-state index contributed by atoms with van der Waals surface area (Å²) in [4.78, 5) is 13.9. The molecule has 0 amide bonds. The molecule has 45 heavy (non-hydrogen) atoms. The summed E-state index contributed by atoms with van der Waals surface area (Å²) >= 11 is 0. The van der Waals surface area contributed by atoms with Crippen molar-refractivity contribution in [1.29, 1.82) is 0 Å². The summed E-state index contributed by atoms with van der Waals surface area (Å²) in [5.41, 5.74) is 1.02. The molecule has 1 aromatic rings. The van der Waals surface area contributed by atoms with Gasteiger partial charge in [0.15, 0.2) is 16.6 Å². The van der Waals surface area contributed by atoms with Crippen molar-refractivity contribution in [2.45, 2.75) is 144 Å². The van der Waals surface area contributed by atoms with Gasteiger partial charge in [-0.25, -0.2) is 0 Å². The molecule has 0 aliphatic rings. The van der Waals surface area contributed by atoms with Crippen LogP contribution in [0, 0.1) is 23.7 Å². The van der Waals surface area contributed by atoms with Crippen LogP contribution in [0.3, 0.4) is 0 Å². The van der Waals surface area contributed by atoms with Crippen LogP contribution >= 0.6 is 0 Å². The second kappa shape index (κ2) is 17.1. The summed E-state index contributed by atoms with van der Waals surface area (Å²) in [5, 5.41) is 0.175. The van der Waals surface area contributed by atoms with E-state index in [4.69, 9.17) is 23.1 Å². The van der Waals surface area contributed by atoms with Gasteiger partial charge in [0.25, 0.3) is 0 Å². The number of hydrogen-bond donors (Lipinski definition) is 0. The zero-order valence-corrected chi connectivity index (χ0v) is 33.7. The van der Waals surface area contributed by atoms with Crippen LogP contribution in [-0.4, -0.2) is 54.6 Å². The smallest absolute Gasteiger partial charge is 0.311 e. The summed E-state index contributed by atoms with van der Waals surface area (Å²) in [6.07, 6.45) is 1.65. The van der Waals surface area contributed by atoms with Crippen LogP contribution in [0.4, 0.5) is 0 Å². The average molecular weight is 665 g/mol. The molecule has 0 aromatic heterocycles. The SMILES string of the molecule is C=C[C@@H](C)[C@H](OC(=O)[C@H](C)[C@@H](O[Si](C)(C)C(C)(C)C)[C@@H](C)C[C@@H](C)CO[Si](C)(C)C(C)(C)C)[C@@H](C)OCc1ccc(OC)cc1. The molecular formula is C37H68O6Si2. The summed E-state index contributed by atoms with van der Waals surface area (Å²) in [6.45, 7) is 38.2. The van der Waals surface area contributed by atoms with E-state index in [2.05, 4.69) is 88.2 Å². The number of rotatable bonds is 18. The molecule has 8 heteroatoms. The Morgan fingerprint density at radius 1 is 0.867 bits per heavy atom. The molecule has 0 saturated heterocycles. The van der Waals surface area contributed by atoms with Crippen LogP contribution in [0.15, 0.2) is 36.9 Å². The minimum absolute atomic E-state index is 0.00928. The van der Waals surface area contributed by atoms with E-state index in [9.17, 15) is 4.79 Å². The van der Waals surface area contributed by atoms with Crippen molar-refractivity contribution in [3.63, 3.8) is 0 Å². The Labute approximate surface area is 279 Å². The molecule has 0 fully saturated rings. The lowest BCUT2D eigenvalue weighted by atomic mass is 9.87. The minimum Gasteiger partial charge on any atom is -0.497 e. The van der Waals surface area contributed by atoms with Gasteiger partial charge >= 0.3 is 5.97 Å². The average Bonchev–Trinajstić information content (AvgIpc) is 2.94. The number of carbonyl (C=O) groups excluding carboxylic acids is 1. The number of esters is 1. The normalized spacial score (nSPS) is 17.9. The van der Waals surface area contributed by atoms with Gasteiger partial charge in [-0.3, -0.25) is 4.79 Å². The lowest BCUT2D eigenvalue weighted by molar-refractivity contribution is -0.169. The molecule has 0 spiro atoms. The third kappa shape index (κ3) is 12.6. The molecule has 1 rings (SSSR count). The van der Waals surface area contributed by atoms with E-state index in [1.54, 1.807) is 7.11 Å². The van der Waals surface area contributed by atoms with Crippen LogP contribution in [0.5, 0.6) is 5.75 Å². The van der Waals surface area contributed by atoms with Crippen molar-refractivity contribution < 1.29 is 27.9 Å². The highest BCUT2D eigenvalue weighted by atomic mass is 28.4. The third-order valence-electron chi connectivity index (χ3n) is 10.2. The maximum Gasteiger partial charge on any atom is 0.311 e. The maximum atomic E-state index is 13.9. The van der Waals surface area contributed by atoms with Gasteiger partial charge in [-0.05, 0) is 86.1 Å². The van der Waals surface area contributed by atoms with Crippen molar-refractivity contribution >= 4 is 22.6 Å². The first-order valence-electron chi connectivity index (χ1n) is 16.9. The molecule has 6 nitrogen and oxygen atoms in total. The monoisotopic (exact) mass is 664 g/mol. The number of ether oxygens (including phenoxy) is 3. The van der Waals surface area contributed by atoms with Gasteiger partial charge < -0.3 is 23.1 Å². The molecule has 1 aromatic carbocycles. The third-order valence-corrected chi connectivity index (χ3v) is 19.2. The van der Waals surface area contributed by atoms with Crippen molar-refractivity contribution in [1.82, 2.24) is 0 Å². The van der Waals surface area contributed by atoms with Crippen LogP contribution in [-0.2, 0) is 29.7 Å². The fourth-order valence-corrected chi connectivity index (χ4v) is 7.42. The van der Waals surface area contributed by atoms with Gasteiger partial charge in [0.2, 0.25) is 0 Å². The molecule has 0 aliphatic carbocycles. The molecule has 7 atom stereocenters. The largest absolute Gasteiger partial charge is 0.497 e. The first-order valence-corrected chi connectivity index (χ1v) is 22.7. The van der Waals surface area contributed by atoms with Gasteiger partial charge in [0.1, 0.15) is 11.9 Å². The highest BCUT2D eigenvalue weighted by Gasteiger charge is 2.44. The van der Waals surface area contributed by atoms with E-state index in [-0.39, 0.29) is 40.1 Å². The second-order valence-electron chi connectivity index (χ2n) is 16.4. The van der Waals surface area contributed by atoms with Gasteiger partial charge in [-0.2, -0.15) is 0 Å². The Morgan fingerprint density at radius 3 is 1.87 bits per heavy atom. The Bertz CT molecular complexity index is 1040. The predicted molar refractivity (Wildman–Crippen MR) is 194 cm³/mol. The Kier molecular flexibility index (Phi) is 15.8. The van der Waals surface area contributed by atoms with Gasteiger partial charge in [-0.1, -0.05) is 80.5 Å². The van der Waals surface area contributed by atoms with E-state index in [0.29, 0.717) is 19.1 Å². The highest BCUT2D eigenvalue weighted by molar-refractivity contribution is 6.74. The quantitative estimate of drug-likeness (QED) is 0.0884. The van der Waals surface area contributed by atoms with Crippen molar-refractivity contribution in [3.8, 4) is 5.75 Å². The standard InChI is InChI=1S/C37H68O6Si2/c1-18-27(3)34(30(6)40-25-31-19-21-32(39-13)22-20-31)42-35(38)29(5)33(43-45(16,17)37(10,11)12)28(4)23-26(2)24-41-44(14,15)36(7,8)9/h18-22,26-30,33-34H,1,23-25H2,2-17H3/t26-,27-,28+,29-,30-,33+,34+/m1/s1. The summed E-state index contributed by atoms with van der Waals surface area (Å²) < 4.78 is 31.4. The predicted octanol–water partition coefficient (Wildman–Crippen LogP) is 10.0. The van der Waals surface area contributed by atoms with Crippen LogP contribution in [0.25, 0.3) is 0 Å². The Hall–Kier alpha value is -1.46. The van der Waals surface area contributed by atoms with Gasteiger partial charge in [0, 0.05) is 12.5 Å². The van der Waals surface area contributed by atoms with Crippen LogP contribution in [0.2, 0.25) is 36.3 Å². The lowest BCUT2D eigenvalue weighted by Crippen LogP contribution is -2.50. The fourth-order valence-electron chi connectivity index (χ4n) is 4.82. The summed E-state index contributed by atoms with van der Waals surface area (Å²) in [7, 11) is -2.39. The lowest BCUT2D eigenvalue weighted by Gasteiger charge is -2.43. The van der Waals surface area contributed by atoms with Crippen molar-refractivity contribution in [2.24, 2.45) is 23.7 Å². The van der Waals surface area contributed by atoms with E-state index in [1.165, 1.54) is 0 Å². The van der Waals surface area contributed by atoms with Gasteiger partial charge in [0.05, 0.1) is 31.8 Å². The van der Waals surface area contributed by atoms with E-state index in [0.717, 1.165) is 17.7 Å². The zero-order chi connectivity index (χ0) is 35.0. The van der Waals surface area contributed by atoms with E-state index in [1.807, 2.05) is 51.1 Å². The summed E-state index contributed by atoms with van der Waals surface area (Å²) in [5.74, 6) is 0.484. The molecule has 0 saturated carbocycles. The summed E-state index contributed by atoms with van der Waals surface area (Å²) in [6, 6.07) is 7.79. The molecule has 0 unspecified atom stereocenters.